The van der Waals surface area contributed by atoms with E-state index in [1.807, 2.05) is 0 Å². The molecule has 1 aliphatic heterocycles. The summed E-state index contributed by atoms with van der Waals surface area (Å²) in [7, 11) is 0. The van der Waals surface area contributed by atoms with E-state index in [0.29, 0.717) is 0 Å². The molecule has 2 rings (SSSR count). The Kier molecular flexibility index (Phi) is 4.20. The van der Waals surface area contributed by atoms with Crippen LogP contribution in [0, 0.1) is 23.4 Å². The normalized spacial score (nSPS) is 19.7. The van der Waals surface area contributed by atoms with Gasteiger partial charge in [0, 0.05) is 30.8 Å². The van der Waals surface area contributed by atoms with Crippen LogP contribution in [0.15, 0.2) is 12.1 Å². The summed E-state index contributed by atoms with van der Waals surface area (Å²) in [5.74, 6) is -5.30. The Balaban J connectivity index is 2.41. The number of rotatable bonds is 2. The van der Waals surface area contributed by atoms with Crippen LogP contribution in [0.5, 0.6) is 0 Å². The standard InChI is InChI=1S/C14H15F3N2O2/c1-7(2)13-14(21)19(4-3-11(20)18-13)8-5-9(15)12(17)10(16)6-8/h5-7,13H,3-4H2,1-2H3,(H,18,20). The summed E-state index contributed by atoms with van der Waals surface area (Å²) in [6.45, 7) is 3.48. The number of hydrogen-bond acceptors (Lipinski definition) is 2. The predicted octanol–water partition coefficient (Wildman–Crippen LogP) is 1.98. The molecular formula is C14H15F3N2O2. The number of nitrogens with zero attached hydrogens (tertiary/aromatic N) is 1. The van der Waals surface area contributed by atoms with Crippen molar-refractivity contribution in [3.63, 3.8) is 0 Å². The molecule has 1 heterocycles. The van der Waals surface area contributed by atoms with E-state index in [1.165, 1.54) is 0 Å². The molecule has 0 spiro atoms. The lowest BCUT2D eigenvalue weighted by atomic mass is 10.0. The second kappa shape index (κ2) is 5.75. The molecule has 1 aromatic rings. The van der Waals surface area contributed by atoms with E-state index in [9.17, 15) is 22.8 Å². The third-order valence-corrected chi connectivity index (χ3v) is 3.36. The van der Waals surface area contributed by atoms with E-state index in [0.717, 1.165) is 17.0 Å². The minimum absolute atomic E-state index is 0.00950. The molecule has 2 amide bonds. The minimum Gasteiger partial charge on any atom is -0.344 e. The molecule has 114 valence electrons. The van der Waals surface area contributed by atoms with Crippen molar-refractivity contribution in [1.29, 1.82) is 0 Å². The molecule has 0 bridgehead atoms. The number of hydrogen-bond donors (Lipinski definition) is 1. The lowest BCUT2D eigenvalue weighted by molar-refractivity contribution is -0.126. The van der Waals surface area contributed by atoms with Gasteiger partial charge in [0.15, 0.2) is 17.5 Å². The Hall–Kier alpha value is -2.05. The van der Waals surface area contributed by atoms with Crippen LogP contribution in [0.3, 0.4) is 0 Å². The summed E-state index contributed by atoms with van der Waals surface area (Å²) in [4.78, 5) is 25.1. The molecule has 0 radical (unpaired) electrons. The van der Waals surface area contributed by atoms with Crippen LogP contribution in [0.1, 0.15) is 20.3 Å². The second-order valence-electron chi connectivity index (χ2n) is 5.25. The zero-order chi connectivity index (χ0) is 15.7. The Bertz CT molecular complexity index is 567. The number of benzene rings is 1. The van der Waals surface area contributed by atoms with Gasteiger partial charge >= 0.3 is 0 Å². The number of nitrogens with one attached hydrogen (secondary N) is 1. The van der Waals surface area contributed by atoms with Crippen LogP contribution in [0.25, 0.3) is 0 Å². The van der Waals surface area contributed by atoms with Gasteiger partial charge in [0.05, 0.1) is 0 Å². The highest BCUT2D eigenvalue weighted by atomic mass is 19.2. The average molecular weight is 300 g/mol. The van der Waals surface area contributed by atoms with Gasteiger partial charge in [-0.05, 0) is 5.92 Å². The van der Waals surface area contributed by atoms with Crippen molar-refractivity contribution in [1.82, 2.24) is 5.32 Å². The van der Waals surface area contributed by atoms with Gasteiger partial charge in [-0.25, -0.2) is 13.2 Å². The van der Waals surface area contributed by atoms with Crippen molar-refractivity contribution < 1.29 is 22.8 Å². The maximum absolute atomic E-state index is 13.3. The Morgan fingerprint density at radius 1 is 1.19 bits per heavy atom. The van der Waals surface area contributed by atoms with Crippen LogP contribution < -0.4 is 10.2 Å². The van der Waals surface area contributed by atoms with E-state index in [2.05, 4.69) is 5.32 Å². The molecule has 1 fully saturated rings. The highest BCUT2D eigenvalue weighted by Gasteiger charge is 2.33. The van der Waals surface area contributed by atoms with Gasteiger partial charge < -0.3 is 10.2 Å². The van der Waals surface area contributed by atoms with Crippen LogP contribution in [0.2, 0.25) is 0 Å². The van der Waals surface area contributed by atoms with Crippen molar-refractivity contribution in [3.05, 3.63) is 29.6 Å². The average Bonchev–Trinajstić information content (AvgIpc) is 2.55. The zero-order valence-corrected chi connectivity index (χ0v) is 11.6. The number of amides is 2. The first kappa shape index (κ1) is 15.3. The molecule has 1 unspecified atom stereocenters. The molecule has 4 nitrogen and oxygen atoms in total. The lowest BCUT2D eigenvalue weighted by Gasteiger charge is -2.26. The molecule has 21 heavy (non-hydrogen) atoms. The molecule has 1 aromatic carbocycles. The largest absolute Gasteiger partial charge is 0.344 e. The Morgan fingerprint density at radius 3 is 2.29 bits per heavy atom. The summed E-state index contributed by atoms with van der Waals surface area (Å²) in [6, 6.07) is 0.726. The van der Waals surface area contributed by atoms with Crippen LogP contribution in [0.4, 0.5) is 18.9 Å². The molecule has 1 saturated heterocycles. The Labute approximate surface area is 119 Å². The Morgan fingerprint density at radius 2 is 1.76 bits per heavy atom. The van der Waals surface area contributed by atoms with Crippen molar-refractivity contribution in [2.45, 2.75) is 26.3 Å². The summed E-state index contributed by atoms with van der Waals surface area (Å²) in [5.41, 5.74) is -0.0986. The zero-order valence-electron chi connectivity index (χ0n) is 11.6. The van der Waals surface area contributed by atoms with Gasteiger partial charge in [0.2, 0.25) is 11.8 Å². The fourth-order valence-corrected chi connectivity index (χ4v) is 2.20. The molecule has 1 N–H and O–H groups in total. The van der Waals surface area contributed by atoms with Crippen LogP contribution in [-0.4, -0.2) is 24.4 Å². The third kappa shape index (κ3) is 3.01. The van der Waals surface area contributed by atoms with Crippen LogP contribution in [-0.2, 0) is 9.59 Å². The van der Waals surface area contributed by atoms with Gasteiger partial charge in [0.25, 0.3) is 0 Å². The monoisotopic (exact) mass is 300 g/mol. The van der Waals surface area contributed by atoms with E-state index in [-0.39, 0.29) is 30.5 Å². The van der Waals surface area contributed by atoms with Gasteiger partial charge in [0.1, 0.15) is 6.04 Å². The van der Waals surface area contributed by atoms with Crippen molar-refractivity contribution in [2.24, 2.45) is 5.92 Å². The molecule has 1 atom stereocenters. The number of anilines is 1. The molecule has 1 aliphatic rings. The SMILES string of the molecule is CC(C)C1NC(=O)CCN(c2cc(F)c(F)c(F)c2)C1=O. The second-order valence-corrected chi connectivity index (χ2v) is 5.25. The van der Waals surface area contributed by atoms with Gasteiger partial charge in [-0.2, -0.15) is 0 Å². The van der Waals surface area contributed by atoms with Crippen molar-refractivity contribution in [2.75, 3.05) is 11.4 Å². The fourth-order valence-electron chi connectivity index (χ4n) is 2.20. The summed E-state index contributed by atoms with van der Waals surface area (Å²) in [5, 5.41) is 2.58. The number of carbonyl (C=O) groups excluding carboxylic acids is 2. The molecule has 0 saturated carbocycles. The van der Waals surface area contributed by atoms with E-state index >= 15 is 0 Å². The summed E-state index contributed by atoms with van der Waals surface area (Å²) < 4.78 is 39.6. The first-order valence-electron chi connectivity index (χ1n) is 6.56. The lowest BCUT2D eigenvalue weighted by Crippen LogP contribution is -2.47. The molecule has 0 aromatic heterocycles. The van der Waals surface area contributed by atoms with Gasteiger partial charge in [-0.1, -0.05) is 13.8 Å². The quantitative estimate of drug-likeness (QED) is 0.849. The van der Waals surface area contributed by atoms with Gasteiger partial charge in [-0.3, -0.25) is 9.59 Å². The fraction of sp³-hybridized carbons (Fsp3) is 0.429. The van der Waals surface area contributed by atoms with E-state index in [1.54, 1.807) is 13.8 Å². The first-order valence-corrected chi connectivity index (χ1v) is 6.56. The number of halogens is 3. The smallest absolute Gasteiger partial charge is 0.249 e. The third-order valence-electron chi connectivity index (χ3n) is 3.36. The maximum atomic E-state index is 13.3. The van der Waals surface area contributed by atoms with E-state index < -0.39 is 29.4 Å². The van der Waals surface area contributed by atoms with E-state index in [4.69, 9.17) is 0 Å². The number of carbonyl (C=O) groups is 2. The topological polar surface area (TPSA) is 49.4 Å². The maximum Gasteiger partial charge on any atom is 0.249 e. The predicted molar refractivity (Wildman–Crippen MR) is 70.1 cm³/mol. The highest BCUT2D eigenvalue weighted by molar-refractivity contribution is 6.01. The first-order chi connectivity index (χ1) is 9.81. The molecule has 0 aliphatic carbocycles. The van der Waals surface area contributed by atoms with Gasteiger partial charge in [-0.15, -0.1) is 0 Å². The molecular weight excluding hydrogens is 285 g/mol. The summed E-state index contributed by atoms with van der Waals surface area (Å²) >= 11 is 0. The van der Waals surface area contributed by atoms with Crippen LogP contribution >= 0.6 is 0 Å². The van der Waals surface area contributed by atoms with Crippen molar-refractivity contribution >= 4 is 17.5 Å². The molecule has 7 heteroatoms. The van der Waals surface area contributed by atoms with Crippen molar-refractivity contribution in [3.8, 4) is 0 Å². The summed E-state index contributed by atoms with van der Waals surface area (Å²) in [6.07, 6.45) is 0.00950. The highest BCUT2D eigenvalue weighted by Crippen LogP contribution is 2.24. The minimum atomic E-state index is -1.59.